The summed E-state index contributed by atoms with van der Waals surface area (Å²) in [6.45, 7) is 0. The molecular weight excluding hydrogens is 187 g/mol. The smallest absolute Gasteiger partial charge is 0.308 e. The fraction of sp³-hybridized carbons (Fsp3) is 0.300. The lowest BCUT2D eigenvalue weighted by atomic mass is 10.1. The number of esters is 1. The Labute approximate surface area is 81.1 Å². The average Bonchev–Trinajstić information content (AvgIpc) is 2.18. The van der Waals surface area contributed by atoms with Crippen LogP contribution in [0, 0.1) is 5.82 Å². The Morgan fingerprint density at radius 2 is 2.07 bits per heavy atom. The highest BCUT2D eigenvalue weighted by atomic mass is 19.1. The van der Waals surface area contributed by atoms with Crippen molar-refractivity contribution >= 4 is 5.97 Å². The van der Waals surface area contributed by atoms with Gasteiger partial charge in [-0.05, 0) is 17.7 Å². The van der Waals surface area contributed by atoms with Crippen LogP contribution in [0.15, 0.2) is 24.3 Å². The zero-order valence-corrected chi connectivity index (χ0v) is 7.74. The van der Waals surface area contributed by atoms with Gasteiger partial charge in [-0.2, -0.15) is 0 Å². The van der Waals surface area contributed by atoms with E-state index < -0.39 is 12.1 Å². The summed E-state index contributed by atoms with van der Waals surface area (Å²) < 4.78 is 16.9. The zero-order valence-electron chi connectivity index (χ0n) is 7.74. The van der Waals surface area contributed by atoms with Gasteiger partial charge in [0.15, 0.2) is 0 Å². The van der Waals surface area contributed by atoms with Crippen LogP contribution in [-0.4, -0.2) is 18.2 Å². The van der Waals surface area contributed by atoms with E-state index in [2.05, 4.69) is 4.74 Å². The molecule has 0 aliphatic rings. The third kappa shape index (κ3) is 2.81. The first-order valence-corrected chi connectivity index (χ1v) is 4.14. The first-order chi connectivity index (χ1) is 6.63. The van der Waals surface area contributed by atoms with Crippen molar-refractivity contribution in [3.8, 4) is 0 Å². The highest BCUT2D eigenvalue weighted by molar-refractivity contribution is 5.70. The summed E-state index contributed by atoms with van der Waals surface area (Å²) in [5.41, 5.74) is 0.497. The predicted octanol–water partition coefficient (Wildman–Crippen LogP) is 1.42. The van der Waals surface area contributed by atoms with Crippen molar-refractivity contribution in [2.75, 3.05) is 7.11 Å². The summed E-state index contributed by atoms with van der Waals surface area (Å²) in [5.74, 6) is -0.874. The number of hydrogen-bond donors (Lipinski definition) is 1. The lowest BCUT2D eigenvalue weighted by Crippen LogP contribution is -2.07. The molecule has 0 aliphatic carbocycles. The Balaban J connectivity index is 2.65. The summed E-state index contributed by atoms with van der Waals surface area (Å²) in [6, 6.07) is 5.33. The Morgan fingerprint density at radius 1 is 1.50 bits per heavy atom. The molecule has 0 radical (unpaired) electrons. The number of benzene rings is 1. The van der Waals surface area contributed by atoms with Crippen LogP contribution in [0.3, 0.4) is 0 Å². The molecule has 0 bridgehead atoms. The van der Waals surface area contributed by atoms with Crippen molar-refractivity contribution in [2.24, 2.45) is 0 Å². The second-order valence-corrected chi connectivity index (χ2v) is 2.85. The minimum atomic E-state index is -0.942. The van der Waals surface area contributed by atoms with Crippen LogP contribution in [0.25, 0.3) is 0 Å². The van der Waals surface area contributed by atoms with E-state index in [4.69, 9.17) is 0 Å². The number of aliphatic hydroxyl groups is 1. The van der Waals surface area contributed by atoms with Crippen LogP contribution >= 0.6 is 0 Å². The van der Waals surface area contributed by atoms with Crippen LogP contribution in [0.4, 0.5) is 4.39 Å². The Hall–Kier alpha value is -1.42. The molecule has 0 saturated heterocycles. The van der Waals surface area contributed by atoms with E-state index in [1.165, 1.54) is 31.4 Å². The monoisotopic (exact) mass is 198 g/mol. The number of rotatable bonds is 3. The normalized spacial score (nSPS) is 12.2. The molecule has 1 rings (SSSR count). The highest BCUT2D eigenvalue weighted by Gasteiger charge is 2.12. The minimum absolute atomic E-state index is 0.123. The third-order valence-corrected chi connectivity index (χ3v) is 1.84. The molecule has 0 aliphatic heterocycles. The standard InChI is InChI=1S/C10H11FO3/c1-14-10(13)6-9(12)7-2-4-8(11)5-3-7/h2-5,9,12H,6H2,1H3/t9-/m1/s1. The Bertz CT molecular complexity index is 308. The predicted molar refractivity (Wildman–Crippen MR) is 48.0 cm³/mol. The fourth-order valence-corrected chi connectivity index (χ4v) is 1.04. The molecule has 14 heavy (non-hydrogen) atoms. The molecular formula is C10H11FO3. The number of ether oxygens (including phenoxy) is 1. The van der Waals surface area contributed by atoms with Gasteiger partial charge in [-0.15, -0.1) is 0 Å². The van der Waals surface area contributed by atoms with Crippen LogP contribution in [0.1, 0.15) is 18.1 Å². The molecule has 1 atom stereocenters. The van der Waals surface area contributed by atoms with Gasteiger partial charge in [0.25, 0.3) is 0 Å². The molecule has 1 aromatic carbocycles. The summed E-state index contributed by atoms with van der Waals surface area (Å²) in [5, 5.41) is 9.49. The maximum atomic E-state index is 12.5. The second-order valence-electron chi connectivity index (χ2n) is 2.85. The van der Waals surface area contributed by atoms with E-state index in [1.54, 1.807) is 0 Å². The molecule has 1 aromatic rings. The van der Waals surface area contributed by atoms with Gasteiger partial charge < -0.3 is 9.84 Å². The number of hydrogen-bond acceptors (Lipinski definition) is 3. The lowest BCUT2D eigenvalue weighted by molar-refractivity contribution is -0.142. The quantitative estimate of drug-likeness (QED) is 0.747. The topological polar surface area (TPSA) is 46.5 Å². The van der Waals surface area contributed by atoms with Crippen molar-refractivity contribution in [1.29, 1.82) is 0 Å². The van der Waals surface area contributed by atoms with Gasteiger partial charge in [0.05, 0.1) is 19.6 Å². The molecule has 1 N–H and O–H groups in total. The maximum absolute atomic E-state index is 12.5. The molecule has 3 nitrogen and oxygen atoms in total. The van der Waals surface area contributed by atoms with Gasteiger partial charge in [0, 0.05) is 0 Å². The molecule has 4 heteroatoms. The van der Waals surface area contributed by atoms with Crippen molar-refractivity contribution in [3.63, 3.8) is 0 Å². The van der Waals surface area contributed by atoms with E-state index in [9.17, 15) is 14.3 Å². The van der Waals surface area contributed by atoms with Gasteiger partial charge in [0.1, 0.15) is 5.82 Å². The lowest BCUT2D eigenvalue weighted by Gasteiger charge is -2.08. The Morgan fingerprint density at radius 3 is 2.57 bits per heavy atom. The van der Waals surface area contributed by atoms with Crippen molar-refractivity contribution in [1.82, 2.24) is 0 Å². The molecule has 0 saturated carbocycles. The zero-order chi connectivity index (χ0) is 10.6. The molecule has 0 unspecified atom stereocenters. The number of aliphatic hydroxyl groups excluding tert-OH is 1. The van der Waals surface area contributed by atoms with Gasteiger partial charge in [0.2, 0.25) is 0 Å². The number of carbonyl (C=O) groups is 1. The van der Waals surface area contributed by atoms with E-state index in [1.807, 2.05) is 0 Å². The highest BCUT2D eigenvalue weighted by Crippen LogP contribution is 2.16. The average molecular weight is 198 g/mol. The summed E-state index contributed by atoms with van der Waals surface area (Å²) in [6.07, 6.45) is -1.06. The van der Waals surface area contributed by atoms with Gasteiger partial charge in [-0.25, -0.2) is 4.39 Å². The van der Waals surface area contributed by atoms with Crippen LogP contribution in [0.2, 0.25) is 0 Å². The van der Waals surface area contributed by atoms with Gasteiger partial charge >= 0.3 is 5.97 Å². The van der Waals surface area contributed by atoms with E-state index in [0.29, 0.717) is 5.56 Å². The molecule has 76 valence electrons. The number of methoxy groups -OCH3 is 1. The fourth-order valence-electron chi connectivity index (χ4n) is 1.04. The van der Waals surface area contributed by atoms with E-state index in [0.717, 1.165) is 0 Å². The van der Waals surface area contributed by atoms with Crippen molar-refractivity contribution in [3.05, 3.63) is 35.6 Å². The number of carbonyl (C=O) groups excluding carboxylic acids is 1. The summed E-state index contributed by atoms with van der Waals surface area (Å²) in [4.78, 5) is 10.8. The first-order valence-electron chi connectivity index (χ1n) is 4.14. The number of halogens is 1. The SMILES string of the molecule is COC(=O)C[C@@H](O)c1ccc(F)cc1. The molecule has 0 spiro atoms. The molecule has 0 fully saturated rings. The second kappa shape index (κ2) is 4.72. The Kier molecular flexibility index (Phi) is 3.59. The molecule has 0 heterocycles. The van der Waals surface area contributed by atoms with Gasteiger partial charge in [-0.1, -0.05) is 12.1 Å². The van der Waals surface area contributed by atoms with E-state index >= 15 is 0 Å². The van der Waals surface area contributed by atoms with Crippen LogP contribution in [-0.2, 0) is 9.53 Å². The largest absolute Gasteiger partial charge is 0.469 e. The maximum Gasteiger partial charge on any atom is 0.308 e. The van der Waals surface area contributed by atoms with Crippen LogP contribution < -0.4 is 0 Å². The van der Waals surface area contributed by atoms with Crippen molar-refractivity contribution in [2.45, 2.75) is 12.5 Å². The van der Waals surface area contributed by atoms with Crippen molar-refractivity contribution < 1.29 is 19.0 Å². The minimum Gasteiger partial charge on any atom is -0.469 e. The molecule has 0 aromatic heterocycles. The van der Waals surface area contributed by atoms with Crippen LogP contribution in [0.5, 0.6) is 0 Å². The summed E-state index contributed by atoms with van der Waals surface area (Å²) >= 11 is 0. The third-order valence-electron chi connectivity index (χ3n) is 1.84. The first kappa shape index (κ1) is 10.7. The summed E-state index contributed by atoms with van der Waals surface area (Å²) in [7, 11) is 1.25. The van der Waals surface area contributed by atoms with E-state index in [-0.39, 0.29) is 12.2 Å². The van der Waals surface area contributed by atoms with Gasteiger partial charge in [-0.3, -0.25) is 4.79 Å². The molecule has 0 amide bonds.